The Morgan fingerprint density at radius 2 is 2.26 bits per heavy atom. The number of benzene rings is 1. The minimum Gasteiger partial charge on any atom is -0.492 e. The van der Waals surface area contributed by atoms with E-state index < -0.39 is 0 Å². The van der Waals surface area contributed by atoms with E-state index in [-0.39, 0.29) is 5.82 Å². The zero-order valence-electron chi connectivity index (χ0n) is 11.4. The fourth-order valence-electron chi connectivity index (χ4n) is 3.34. The molecule has 19 heavy (non-hydrogen) atoms. The first kappa shape index (κ1) is 12.7. The maximum Gasteiger partial charge on any atom is 0.145 e. The Kier molecular flexibility index (Phi) is 3.60. The molecule has 4 heteroatoms. The molecule has 2 aliphatic heterocycles. The van der Waals surface area contributed by atoms with Crippen LogP contribution in [-0.2, 0) is 0 Å². The summed E-state index contributed by atoms with van der Waals surface area (Å²) >= 11 is 0. The zero-order chi connectivity index (χ0) is 13.2. The van der Waals surface area contributed by atoms with E-state index in [9.17, 15) is 4.39 Å². The van der Waals surface area contributed by atoms with Crippen LogP contribution in [0.1, 0.15) is 26.2 Å². The molecule has 1 N–H and O–H groups in total. The number of fused-ring (bicyclic) bond motifs is 1. The van der Waals surface area contributed by atoms with Crippen molar-refractivity contribution in [3.63, 3.8) is 0 Å². The number of halogens is 1. The lowest BCUT2D eigenvalue weighted by atomic mass is 10.1. The topological polar surface area (TPSA) is 24.5 Å². The SMILES string of the molecule is CCOc1cc(F)ccc1NC1CCN2CCCC12. The van der Waals surface area contributed by atoms with E-state index in [1.54, 1.807) is 6.07 Å². The summed E-state index contributed by atoms with van der Waals surface area (Å²) in [6, 6.07) is 5.85. The third-order valence-corrected chi connectivity index (χ3v) is 4.19. The van der Waals surface area contributed by atoms with Crippen LogP contribution in [0.25, 0.3) is 0 Å². The number of hydrogen-bond donors (Lipinski definition) is 1. The molecule has 1 aromatic rings. The summed E-state index contributed by atoms with van der Waals surface area (Å²) in [5.74, 6) is 0.377. The van der Waals surface area contributed by atoms with E-state index in [1.165, 1.54) is 38.1 Å². The van der Waals surface area contributed by atoms with Crippen LogP contribution >= 0.6 is 0 Å². The van der Waals surface area contributed by atoms with Crippen LogP contribution in [0.5, 0.6) is 5.75 Å². The average Bonchev–Trinajstić information content (AvgIpc) is 2.97. The van der Waals surface area contributed by atoms with E-state index in [0.29, 0.717) is 24.4 Å². The molecule has 2 aliphatic rings. The second kappa shape index (κ2) is 5.37. The quantitative estimate of drug-likeness (QED) is 0.905. The van der Waals surface area contributed by atoms with Gasteiger partial charge in [-0.2, -0.15) is 0 Å². The second-order valence-corrected chi connectivity index (χ2v) is 5.36. The monoisotopic (exact) mass is 264 g/mol. The molecular weight excluding hydrogens is 243 g/mol. The molecule has 3 rings (SSSR count). The Balaban J connectivity index is 1.75. The summed E-state index contributed by atoms with van der Waals surface area (Å²) in [4.78, 5) is 2.56. The van der Waals surface area contributed by atoms with Crippen LogP contribution in [0.2, 0.25) is 0 Å². The van der Waals surface area contributed by atoms with Crippen molar-refractivity contribution in [2.24, 2.45) is 0 Å². The van der Waals surface area contributed by atoms with E-state index in [2.05, 4.69) is 10.2 Å². The van der Waals surface area contributed by atoms with Gasteiger partial charge in [0, 0.05) is 24.7 Å². The van der Waals surface area contributed by atoms with Crippen LogP contribution in [0.15, 0.2) is 18.2 Å². The molecule has 0 amide bonds. The largest absolute Gasteiger partial charge is 0.492 e. The highest BCUT2D eigenvalue weighted by Crippen LogP contribution is 2.33. The van der Waals surface area contributed by atoms with Gasteiger partial charge in [0.2, 0.25) is 0 Å². The molecule has 2 heterocycles. The predicted molar refractivity (Wildman–Crippen MR) is 74.2 cm³/mol. The molecule has 2 atom stereocenters. The summed E-state index contributed by atoms with van der Waals surface area (Å²) in [5, 5.41) is 3.56. The zero-order valence-corrected chi connectivity index (χ0v) is 11.4. The van der Waals surface area contributed by atoms with E-state index in [0.717, 1.165) is 12.1 Å². The van der Waals surface area contributed by atoms with Gasteiger partial charge in [-0.3, -0.25) is 4.90 Å². The molecule has 2 unspecified atom stereocenters. The van der Waals surface area contributed by atoms with Crippen molar-refractivity contribution in [3.8, 4) is 5.75 Å². The minimum absolute atomic E-state index is 0.247. The molecule has 3 nitrogen and oxygen atoms in total. The van der Waals surface area contributed by atoms with Gasteiger partial charge < -0.3 is 10.1 Å². The minimum atomic E-state index is -0.247. The van der Waals surface area contributed by atoms with Crippen LogP contribution in [0.4, 0.5) is 10.1 Å². The van der Waals surface area contributed by atoms with E-state index >= 15 is 0 Å². The van der Waals surface area contributed by atoms with Crippen LogP contribution in [0.3, 0.4) is 0 Å². The smallest absolute Gasteiger partial charge is 0.145 e. The maximum absolute atomic E-state index is 13.3. The van der Waals surface area contributed by atoms with E-state index in [4.69, 9.17) is 4.74 Å². The summed E-state index contributed by atoms with van der Waals surface area (Å²) < 4.78 is 18.8. The molecule has 0 aliphatic carbocycles. The van der Waals surface area contributed by atoms with E-state index in [1.807, 2.05) is 6.92 Å². The molecule has 2 saturated heterocycles. The Morgan fingerprint density at radius 1 is 1.37 bits per heavy atom. The number of hydrogen-bond acceptors (Lipinski definition) is 3. The van der Waals surface area contributed by atoms with Crippen molar-refractivity contribution < 1.29 is 9.13 Å². The van der Waals surface area contributed by atoms with Gasteiger partial charge in [0.25, 0.3) is 0 Å². The normalized spacial score (nSPS) is 26.4. The lowest BCUT2D eigenvalue weighted by molar-refractivity contribution is 0.317. The second-order valence-electron chi connectivity index (χ2n) is 5.36. The first-order chi connectivity index (χ1) is 9.28. The van der Waals surface area contributed by atoms with Gasteiger partial charge in [-0.05, 0) is 44.9 Å². The molecule has 0 radical (unpaired) electrons. The maximum atomic E-state index is 13.3. The lowest BCUT2D eigenvalue weighted by Crippen LogP contribution is -2.33. The Morgan fingerprint density at radius 3 is 3.11 bits per heavy atom. The van der Waals surface area contributed by atoms with Gasteiger partial charge in [0.1, 0.15) is 11.6 Å². The van der Waals surface area contributed by atoms with Gasteiger partial charge >= 0.3 is 0 Å². The molecule has 0 saturated carbocycles. The molecule has 0 spiro atoms. The van der Waals surface area contributed by atoms with Gasteiger partial charge in [-0.25, -0.2) is 4.39 Å². The predicted octanol–water partition coefficient (Wildman–Crippen LogP) is 2.87. The number of anilines is 1. The molecule has 1 aromatic carbocycles. The first-order valence-corrected chi connectivity index (χ1v) is 7.21. The number of nitrogens with zero attached hydrogens (tertiary/aromatic N) is 1. The highest BCUT2D eigenvalue weighted by Gasteiger charge is 2.37. The van der Waals surface area contributed by atoms with Crippen molar-refractivity contribution in [2.75, 3.05) is 25.0 Å². The number of rotatable bonds is 4. The first-order valence-electron chi connectivity index (χ1n) is 7.21. The summed E-state index contributed by atoms with van der Waals surface area (Å²) in [7, 11) is 0. The third kappa shape index (κ3) is 2.54. The Hall–Kier alpha value is -1.29. The standard InChI is InChI=1S/C15H21FN2O/c1-2-19-15-10-11(16)5-6-13(15)17-12-7-9-18-8-3-4-14(12)18/h5-6,10,12,14,17H,2-4,7-9H2,1H3. The van der Waals surface area contributed by atoms with Crippen molar-refractivity contribution in [2.45, 2.75) is 38.3 Å². The van der Waals surface area contributed by atoms with Crippen LogP contribution < -0.4 is 10.1 Å². The highest BCUT2D eigenvalue weighted by atomic mass is 19.1. The van der Waals surface area contributed by atoms with Crippen molar-refractivity contribution >= 4 is 5.69 Å². The Labute approximate surface area is 113 Å². The third-order valence-electron chi connectivity index (χ3n) is 4.19. The lowest BCUT2D eigenvalue weighted by Gasteiger charge is -2.23. The van der Waals surface area contributed by atoms with Gasteiger partial charge in [0.05, 0.1) is 12.3 Å². The fourth-order valence-corrected chi connectivity index (χ4v) is 3.34. The van der Waals surface area contributed by atoms with Crippen molar-refractivity contribution in [1.29, 1.82) is 0 Å². The van der Waals surface area contributed by atoms with Gasteiger partial charge in [-0.15, -0.1) is 0 Å². The fraction of sp³-hybridized carbons (Fsp3) is 0.600. The molecular formula is C15H21FN2O. The van der Waals surface area contributed by atoms with Crippen LogP contribution in [0, 0.1) is 5.82 Å². The summed E-state index contributed by atoms with van der Waals surface area (Å²) in [6.07, 6.45) is 3.72. The molecule has 0 bridgehead atoms. The summed E-state index contributed by atoms with van der Waals surface area (Å²) in [6.45, 7) is 4.87. The van der Waals surface area contributed by atoms with Crippen molar-refractivity contribution in [1.82, 2.24) is 4.90 Å². The average molecular weight is 264 g/mol. The molecule has 104 valence electrons. The molecule has 0 aromatic heterocycles. The number of ether oxygens (including phenoxy) is 1. The van der Waals surface area contributed by atoms with Crippen molar-refractivity contribution in [3.05, 3.63) is 24.0 Å². The van der Waals surface area contributed by atoms with Gasteiger partial charge in [-0.1, -0.05) is 0 Å². The highest BCUT2D eigenvalue weighted by molar-refractivity contribution is 5.57. The van der Waals surface area contributed by atoms with Gasteiger partial charge in [0.15, 0.2) is 0 Å². The molecule has 2 fully saturated rings. The Bertz CT molecular complexity index is 452. The van der Waals surface area contributed by atoms with Crippen LogP contribution in [-0.4, -0.2) is 36.7 Å². The summed E-state index contributed by atoms with van der Waals surface area (Å²) in [5.41, 5.74) is 0.919. The number of nitrogens with one attached hydrogen (secondary N) is 1.